The van der Waals surface area contributed by atoms with Crippen LogP contribution < -0.4 is 15.4 Å². The molecule has 0 spiro atoms. The van der Waals surface area contributed by atoms with Crippen molar-refractivity contribution in [2.24, 2.45) is 5.92 Å². The van der Waals surface area contributed by atoms with Crippen molar-refractivity contribution < 1.29 is 14.3 Å². The molecule has 1 aromatic heterocycles. The molecule has 186 valence electrons. The van der Waals surface area contributed by atoms with Gasteiger partial charge >= 0.3 is 0 Å². The van der Waals surface area contributed by atoms with Crippen LogP contribution >= 0.6 is 35.0 Å². The fourth-order valence-corrected chi connectivity index (χ4v) is 4.43. The van der Waals surface area contributed by atoms with Crippen molar-refractivity contribution in [3.8, 4) is 5.75 Å². The molecule has 3 aromatic rings. The van der Waals surface area contributed by atoms with Crippen molar-refractivity contribution >= 4 is 52.5 Å². The maximum absolute atomic E-state index is 12.9. The van der Waals surface area contributed by atoms with Crippen LogP contribution in [0, 0.1) is 5.92 Å². The highest BCUT2D eigenvalue weighted by atomic mass is 35.5. The largest absolute Gasteiger partial charge is 0.497 e. The first-order valence-electron chi connectivity index (χ1n) is 11.0. The first-order chi connectivity index (χ1) is 16.7. The Labute approximate surface area is 218 Å². The quantitative estimate of drug-likeness (QED) is 0.334. The fourth-order valence-electron chi connectivity index (χ4n) is 3.33. The first kappa shape index (κ1) is 26.8. The molecule has 3 rings (SSSR count). The molecule has 0 saturated heterocycles. The summed E-state index contributed by atoms with van der Waals surface area (Å²) in [6, 6.07) is 11.5. The van der Waals surface area contributed by atoms with Gasteiger partial charge < -0.3 is 19.9 Å². The number of nitrogens with zero attached hydrogens (tertiary/aromatic N) is 3. The van der Waals surface area contributed by atoms with Crippen molar-refractivity contribution in [3.63, 3.8) is 0 Å². The molecule has 0 bridgehead atoms. The number of hydrogen-bond acceptors (Lipinski definition) is 6. The summed E-state index contributed by atoms with van der Waals surface area (Å²) in [6.45, 7) is 6.52. The van der Waals surface area contributed by atoms with Gasteiger partial charge in [0.25, 0.3) is 5.91 Å². The Morgan fingerprint density at radius 3 is 2.40 bits per heavy atom. The second-order valence-corrected chi connectivity index (χ2v) is 9.73. The van der Waals surface area contributed by atoms with Gasteiger partial charge in [0.05, 0.1) is 28.9 Å². The number of carbonyl (C=O) groups is 2. The molecule has 0 aliphatic rings. The predicted molar refractivity (Wildman–Crippen MR) is 140 cm³/mol. The van der Waals surface area contributed by atoms with Crippen LogP contribution in [0.5, 0.6) is 5.75 Å². The maximum Gasteiger partial charge on any atom is 0.251 e. The van der Waals surface area contributed by atoms with E-state index in [4.69, 9.17) is 27.9 Å². The van der Waals surface area contributed by atoms with Crippen molar-refractivity contribution in [1.29, 1.82) is 0 Å². The number of rotatable bonds is 10. The van der Waals surface area contributed by atoms with E-state index >= 15 is 0 Å². The van der Waals surface area contributed by atoms with Crippen LogP contribution in [0.25, 0.3) is 0 Å². The van der Waals surface area contributed by atoms with E-state index in [1.54, 1.807) is 43.5 Å². The van der Waals surface area contributed by atoms with E-state index in [2.05, 4.69) is 20.8 Å². The van der Waals surface area contributed by atoms with E-state index in [1.165, 1.54) is 17.8 Å². The number of thioether (sulfide) groups is 1. The number of methoxy groups -OCH3 is 1. The minimum absolute atomic E-state index is 0.0347. The van der Waals surface area contributed by atoms with Crippen molar-refractivity contribution in [2.45, 2.75) is 38.5 Å². The minimum Gasteiger partial charge on any atom is -0.497 e. The highest BCUT2D eigenvalue weighted by Crippen LogP contribution is 2.27. The number of hydrogen-bond donors (Lipinski definition) is 2. The van der Waals surface area contributed by atoms with Gasteiger partial charge in [-0.3, -0.25) is 9.59 Å². The van der Waals surface area contributed by atoms with E-state index in [0.717, 1.165) is 0 Å². The van der Waals surface area contributed by atoms with E-state index in [1.807, 2.05) is 25.3 Å². The lowest BCUT2D eigenvalue weighted by atomic mass is 10.0. The number of nitrogens with one attached hydrogen (secondary N) is 2. The smallest absolute Gasteiger partial charge is 0.251 e. The lowest BCUT2D eigenvalue weighted by Crippen LogP contribution is -2.33. The Morgan fingerprint density at radius 1 is 1.09 bits per heavy atom. The van der Waals surface area contributed by atoms with Crippen molar-refractivity contribution in [2.75, 3.05) is 18.2 Å². The summed E-state index contributed by atoms with van der Waals surface area (Å²) < 4.78 is 7.04. The summed E-state index contributed by atoms with van der Waals surface area (Å²) in [7, 11) is 1.59. The Bertz CT molecular complexity index is 1180. The van der Waals surface area contributed by atoms with E-state index in [0.29, 0.717) is 44.6 Å². The fraction of sp³-hybridized carbons (Fsp3) is 0.333. The second kappa shape index (κ2) is 12.3. The van der Waals surface area contributed by atoms with Crippen LogP contribution in [0.15, 0.2) is 47.6 Å². The zero-order valence-corrected chi connectivity index (χ0v) is 22.2. The topological polar surface area (TPSA) is 98.1 Å². The third-order valence-electron chi connectivity index (χ3n) is 5.18. The SMILES string of the molecule is CCn1c(SCC(=O)Nc2ccc(OC)cc2)nnc1[C@H](NC(=O)c1ccc(Cl)c(Cl)c1)C(C)C. The standard InChI is InChI=1S/C24H27Cl2N5O3S/c1-5-31-22(21(14(2)3)28-23(33)15-6-11-18(25)19(26)12-15)29-30-24(31)35-13-20(32)27-16-7-9-17(34-4)10-8-16/h6-12,14,21H,5,13H2,1-4H3,(H,27,32)(H,28,33)/t21-/m1/s1. The summed E-state index contributed by atoms with van der Waals surface area (Å²) in [5.74, 6) is 1.07. The molecule has 11 heteroatoms. The highest BCUT2D eigenvalue weighted by Gasteiger charge is 2.26. The number of amides is 2. The van der Waals surface area contributed by atoms with Gasteiger partial charge in [0.15, 0.2) is 11.0 Å². The lowest BCUT2D eigenvalue weighted by molar-refractivity contribution is -0.113. The first-order valence-corrected chi connectivity index (χ1v) is 12.7. The van der Waals surface area contributed by atoms with E-state index in [-0.39, 0.29) is 23.5 Å². The molecule has 2 amide bonds. The van der Waals surface area contributed by atoms with Crippen LogP contribution in [-0.2, 0) is 11.3 Å². The van der Waals surface area contributed by atoms with Gasteiger partial charge in [-0.05, 0) is 55.3 Å². The van der Waals surface area contributed by atoms with Crippen LogP contribution in [0.4, 0.5) is 5.69 Å². The van der Waals surface area contributed by atoms with E-state index in [9.17, 15) is 9.59 Å². The molecule has 2 aromatic carbocycles. The van der Waals surface area contributed by atoms with E-state index < -0.39 is 6.04 Å². The minimum atomic E-state index is -0.396. The average Bonchev–Trinajstić information content (AvgIpc) is 3.25. The normalized spacial score (nSPS) is 11.9. The third-order valence-corrected chi connectivity index (χ3v) is 6.89. The highest BCUT2D eigenvalue weighted by molar-refractivity contribution is 7.99. The molecular formula is C24H27Cl2N5O3S. The Balaban J connectivity index is 1.70. The van der Waals surface area contributed by atoms with Gasteiger partial charge in [0.1, 0.15) is 5.75 Å². The molecule has 0 unspecified atom stereocenters. The molecule has 0 aliphatic heterocycles. The molecule has 1 atom stereocenters. The zero-order chi connectivity index (χ0) is 25.5. The van der Waals surface area contributed by atoms with Gasteiger partial charge in [-0.2, -0.15) is 0 Å². The molecule has 0 fully saturated rings. The second-order valence-electron chi connectivity index (χ2n) is 7.97. The molecule has 35 heavy (non-hydrogen) atoms. The van der Waals surface area contributed by atoms with Gasteiger partial charge in [-0.25, -0.2) is 0 Å². The molecule has 2 N–H and O–H groups in total. The van der Waals surface area contributed by atoms with Crippen LogP contribution in [0.3, 0.4) is 0 Å². The zero-order valence-electron chi connectivity index (χ0n) is 19.8. The summed E-state index contributed by atoms with van der Waals surface area (Å²) in [5, 5.41) is 15.8. The number of ether oxygens (including phenoxy) is 1. The number of benzene rings is 2. The molecule has 0 aliphatic carbocycles. The lowest BCUT2D eigenvalue weighted by Gasteiger charge is -2.22. The number of carbonyl (C=O) groups excluding carboxylic acids is 2. The molecule has 8 nitrogen and oxygen atoms in total. The Hall–Kier alpha value is -2.75. The molecular weight excluding hydrogens is 509 g/mol. The predicted octanol–water partition coefficient (Wildman–Crippen LogP) is 5.47. The maximum atomic E-state index is 12.9. The van der Waals surface area contributed by atoms with Crippen LogP contribution in [-0.4, -0.2) is 39.4 Å². The summed E-state index contributed by atoms with van der Waals surface area (Å²) >= 11 is 13.3. The summed E-state index contributed by atoms with van der Waals surface area (Å²) in [4.78, 5) is 25.3. The summed E-state index contributed by atoms with van der Waals surface area (Å²) in [6.07, 6.45) is 0. The Morgan fingerprint density at radius 2 is 1.80 bits per heavy atom. The molecule has 0 radical (unpaired) electrons. The number of anilines is 1. The van der Waals surface area contributed by atoms with Crippen LogP contribution in [0.1, 0.15) is 43.0 Å². The third kappa shape index (κ3) is 6.90. The Kier molecular flexibility index (Phi) is 9.42. The summed E-state index contributed by atoms with van der Waals surface area (Å²) in [5.41, 5.74) is 1.08. The van der Waals surface area contributed by atoms with Crippen LogP contribution in [0.2, 0.25) is 10.0 Å². The van der Waals surface area contributed by atoms with Crippen molar-refractivity contribution in [1.82, 2.24) is 20.1 Å². The van der Waals surface area contributed by atoms with Gasteiger partial charge in [-0.15, -0.1) is 10.2 Å². The molecule has 1 heterocycles. The number of halogens is 2. The van der Waals surface area contributed by atoms with Gasteiger partial charge in [0, 0.05) is 17.8 Å². The van der Waals surface area contributed by atoms with Gasteiger partial charge in [0.2, 0.25) is 5.91 Å². The molecule has 0 saturated carbocycles. The van der Waals surface area contributed by atoms with Gasteiger partial charge in [-0.1, -0.05) is 48.8 Å². The monoisotopic (exact) mass is 535 g/mol. The number of aromatic nitrogens is 3. The average molecular weight is 536 g/mol. The van der Waals surface area contributed by atoms with Crippen molar-refractivity contribution in [3.05, 3.63) is 63.9 Å².